The van der Waals surface area contributed by atoms with Gasteiger partial charge in [-0.1, -0.05) is 35.9 Å². The molecule has 168 valence electrons. The molecule has 9 heteroatoms. The van der Waals surface area contributed by atoms with E-state index in [2.05, 4.69) is 31.5 Å². The van der Waals surface area contributed by atoms with Gasteiger partial charge in [-0.25, -0.2) is 10.4 Å². The van der Waals surface area contributed by atoms with Crippen molar-refractivity contribution in [3.05, 3.63) is 76.7 Å². The zero-order valence-corrected chi connectivity index (χ0v) is 18.4. The first kappa shape index (κ1) is 21.0. The molecule has 0 unspecified atom stereocenters. The standard InChI is InChI=1S/C24H25N7O2/c1-17-5-4-6-18(13-17)14-26-29-24-27-21-16-31(23(32)20-7-2-3-8-25-20)15-19(21)22(28-24)30-9-11-33-12-10-30/h2-8,13-14H,9-12,15-16H2,1H3,(H,27,28,29)/b26-14+. The molecule has 1 fully saturated rings. The van der Waals surface area contributed by atoms with E-state index >= 15 is 0 Å². The predicted octanol–water partition coefficient (Wildman–Crippen LogP) is 2.62. The zero-order valence-electron chi connectivity index (χ0n) is 18.4. The Hall–Kier alpha value is -3.85. The summed E-state index contributed by atoms with van der Waals surface area (Å²) in [6.07, 6.45) is 3.37. The lowest BCUT2D eigenvalue weighted by molar-refractivity contribution is 0.0744. The second-order valence-electron chi connectivity index (χ2n) is 8.06. The topological polar surface area (TPSA) is 95.8 Å². The summed E-state index contributed by atoms with van der Waals surface area (Å²) in [6, 6.07) is 13.4. The number of anilines is 2. The van der Waals surface area contributed by atoms with Gasteiger partial charge in [0.25, 0.3) is 5.91 Å². The van der Waals surface area contributed by atoms with Gasteiger partial charge in [-0.15, -0.1) is 0 Å². The molecular weight excluding hydrogens is 418 g/mol. The summed E-state index contributed by atoms with van der Waals surface area (Å²) < 4.78 is 5.51. The molecule has 0 radical (unpaired) electrons. The van der Waals surface area contributed by atoms with Crippen molar-refractivity contribution < 1.29 is 9.53 Å². The van der Waals surface area contributed by atoms with E-state index in [1.165, 1.54) is 5.56 Å². The van der Waals surface area contributed by atoms with Gasteiger partial charge in [0.2, 0.25) is 5.95 Å². The average molecular weight is 444 g/mol. The van der Waals surface area contributed by atoms with E-state index in [-0.39, 0.29) is 5.91 Å². The molecule has 0 aliphatic carbocycles. The van der Waals surface area contributed by atoms with Crippen LogP contribution < -0.4 is 10.3 Å². The monoisotopic (exact) mass is 443 g/mol. The van der Waals surface area contributed by atoms with Crippen molar-refractivity contribution in [1.82, 2.24) is 19.9 Å². The minimum absolute atomic E-state index is 0.117. The number of nitrogens with zero attached hydrogens (tertiary/aromatic N) is 6. The molecule has 0 spiro atoms. The minimum atomic E-state index is -0.117. The molecule has 1 aromatic carbocycles. The fraction of sp³-hybridized carbons (Fsp3) is 0.292. The van der Waals surface area contributed by atoms with Crippen LogP contribution in [-0.4, -0.2) is 58.3 Å². The van der Waals surface area contributed by atoms with Crippen LogP contribution in [0.4, 0.5) is 11.8 Å². The highest BCUT2D eigenvalue weighted by Gasteiger charge is 2.31. The highest BCUT2D eigenvalue weighted by Crippen LogP contribution is 2.31. The Morgan fingerprint density at radius 1 is 1.12 bits per heavy atom. The van der Waals surface area contributed by atoms with Crippen LogP contribution >= 0.6 is 0 Å². The Balaban J connectivity index is 1.41. The van der Waals surface area contributed by atoms with Gasteiger partial charge in [-0.05, 0) is 24.6 Å². The lowest BCUT2D eigenvalue weighted by Crippen LogP contribution is -2.37. The second-order valence-corrected chi connectivity index (χ2v) is 8.06. The molecule has 2 aromatic heterocycles. The molecule has 2 aliphatic rings. The maximum atomic E-state index is 13.0. The summed E-state index contributed by atoms with van der Waals surface area (Å²) in [5.74, 6) is 1.12. The number of ether oxygens (including phenoxy) is 1. The molecule has 2 aliphatic heterocycles. The average Bonchev–Trinajstić information content (AvgIpc) is 3.28. The van der Waals surface area contributed by atoms with Gasteiger partial charge in [-0.2, -0.15) is 10.1 Å². The molecular formula is C24H25N7O2. The molecule has 5 rings (SSSR count). The Labute approximate surface area is 192 Å². The van der Waals surface area contributed by atoms with Crippen molar-refractivity contribution in [2.75, 3.05) is 36.6 Å². The fourth-order valence-corrected chi connectivity index (χ4v) is 4.03. The Morgan fingerprint density at radius 3 is 2.79 bits per heavy atom. The Bertz CT molecular complexity index is 1180. The van der Waals surface area contributed by atoms with E-state index < -0.39 is 0 Å². The Kier molecular flexibility index (Phi) is 5.95. The van der Waals surface area contributed by atoms with Gasteiger partial charge in [0.1, 0.15) is 11.5 Å². The number of hydrogen-bond donors (Lipinski definition) is 1. The number of carbonyl (C=O) groups is 1. The van der Waals surface area contributed by atoms with Crippen molar-refractivity contribution in [2.24, 2.45) is 5.10 Å². The minimum Gasteiger partial charge on any atom is -0.378 e. The van der Waals surface area contributed by atoms with Gasteiger partial charge >= 0.3 is 0 Å². The summed E-state index contributed by atoms with van der Waals surface area (Å²) in [4.78, 5) is 30.6. The van der Waals surface area contributed by atoms with Crippen LogP contribution in [0.25, 0.3) is 0 Å². The van der Waals surface area contributed by atoms with Crippen LogP contribution in [-0.2, 0) is 17.8 Å². The number of hydrazone groups is 1. The van der Waals surface area contributed by atoms with Crippen molar-refractivity contribution in [2.45, 2.75) is 20.0 Å². The number of morpholine rings is 1. The SMILES string of the molecule is Cc1cccc(/C=N/Nc2nc3c(c(N4CCOCC4)n2)CN(C(=O)c2ccccn2)C3)c1. The molecule has 4 heterocycles. The summed E-state index contributed by atoms with van der Waals surface area (Å²) in [5, 5.41) is 4.33. The van der Waals surface area contributed by atoms with Crippen LogP contribution in [0.1, 0.15) is 32.9 Å². The van der Waals surface area contributed by atoms with Gasteiger partial charge < -0.3 is 14.5 Å². The van der Waals surface area contributed by atoms with E-state index in [9.17, 15) is 4.79 Å². The van der Waals surface area contributed by atoms with Crippen LogP contribution in [0.5, 0.6) is 0 Å². The van der Waals surface area contributed by atoms with E-state index in [1.807, 2.05) is 31.2 Å². The van der Waals surface area contributed by atoms with E-state index in [0.717, 1.165) is 35.7 Å². The number of hydrogen-bond acceptors (Lipinski definition) is 8. The van der Waals surface area contributed by atoms with E-state index in [4.69, 9.17) is 9.72 Å². The van der Waals surface area contributed by atoms with Crippen LogP contribution in [0.3, 0.4) is 0 Å². The predicted molar refractivity (Wildman–Crippen MR) is 125 cm³/mol. The largest absolute Gasteiger partial charge is 0.378 e. The van der Waals surface area contributed by atoms with Gasteiger partial charge in [0.05, 0.1) is 38.2 Å². The summed E-state index contributed by atoms with van der Waals surface area (Å²) in [7, 11) is 0. The third-order valence-corrected chi connectivity index (χ3v) is 5.66. The first-order valence-electron chi connectivity index (χ1n) is 11.0. The molecule has 1 saturated heterocycles. The van der Waals surface area contributed by atoms with Crippen LogP contribution in [0.2, 0.25) is 0 Å². The van der Waals surface area contributed by atoms with Crippen molar-refractivity contribution in [3.63, 3.8) is 0 Å². The summed E-state index contributed by atoms with van der Waals surface area (Å²) in [5.41, 5.74) is 7.34. The van der Waals surface area contributed by atoms with Crippen molar-refractivity contribution in [3.8, 4) is 0 Å². The van der Waals surface area contributed by atoms with Gasteiger partial charge in [0.15, 0.2) is 0 Å². The number of aromatic nitrogens is 3. The molecule has 0 bridgehead atoms. The number of fused-ring (bicyclic) bond motifs is 1. The smallest absolute Gasteiger partial charge is 0.273 e. The first-order valence-corrected chi connectivity index (χ1v) is 11.0. The number of amides is 1. The van der Waals surface area contributed by atoms with Gasteiger partial charge in [-0.3, -0.25) is 9.78 Å². The van der Waals surface area contributed by atoms with Crippen molar-refractivity contribution >= 4 is 23.9 Å². The van der Waals surface area contributed by atoms with Crippen LogP contribution in [0.15, 0.2) is 53.8 Å². The number of carbonyl (C=O) groups excluding carboxylic acids is 1. The molecule has 0 atom stereocenters. The fourth-order valence-electron chi connectivity index (χ4n) is 4.03. The number of rotatable bonds is 5. The normalized spacial score (nSPS) is 15.7. The number of pyridine rings is 1. The van der Waals surface area contributed by atoms with Crippen LogP contribution in [0, 0.1) is 6.92 Å². The van der Waals surface area contributed by atoms with Gasteiger partial charge in [0, 0.05) is 24.8 Å². The van der Waals surface area contributed by atoms with Crippen molar-refractivity contribution in [1.29, 1.82) is 0 Å². The lowest BCUT2D eigenvalue weighted by Gasteiger charge is -2.29. The quantitative estimate of drug-likeness (QED) is 0.478. The molecule has 1 amide bonds. The summed E-state index contributed by atoms with van der Waals surface area (Å²) >= 11 is 0. The lowest BCUT2D eigenvalue weighted by atomic mass is 10.2. The maximum Gasteiger partial charge on any atom is 0.273 e. The summed E-state index contributed by atoms with van der Waals surface area (Å²) in [6.45, 7) is 5.66. The highest BCUT2D eigenvalue weighted by molar-refractivity contribution is 5.92. The third kappa shape index (κ3) is 4.68. The van der Waals surface area contributed by atoms with E-state index in [0.29, 0.717) is 37.9 Å². The molecule has 1 N–H and O–H groups in total. The molecule has 9 nitrogen and oxygen atoms in total. The molecule has 0 saturated carbocycles. The highest BCUT2D eigenvalue weighted by atomic mass is 16.5. The number of benzene rings is 1. The first-order chi connectivity index (χ1) is 16.2. The number of aryl methyl sites for hydroxylation is 1. The Morgan fingerprint density at radius 2 is 2.00 bits per heavy atom. The third-order valence-electron chi connectivity index (χ3n) is 5.66. The zero-order chi connectivity index (χ0) is 22.6. The molecule has 33 heavy (non-hydrogen) atoms. The van der Waals surface area contributed by atoms with E-state index in [1.54, 1.807) is 29.4 Å². The molecule has 3 aromatic rings. The number of nitrogens with one attached hydrogen (secondary N) is 1. The second kappa shape index (κ2) is 9.33. The maximum absolute atomic E-state index is 13.0.